The van der Waals surface area contributed by atoms with Crippen LogP contribution in [0.1, 0.15) is 44.1 Å². The molecular formula is C22H29N5O2S. The highest BCUT2D eigenvalue weighted by atomic mass is 32.2. The van der Waals surface area contributed by atoms with E-state index in [1.807, 2.05) is 18.6 Å². The molecule has 0 amide bonds. The molecule has 8 heteroatoms. The first-order valence-electron chi connectivity index (χ1n) is 10.9. The summed E-state index contributed by atoms with van der Waals surface area (Å²) >= 11 is 0. The lowest BCUT2D eigenvalue weighted by atomic mass is 9.87. The molecule has 7 nitrogen and oxygen atoms in total. The molecule has 160 valence electrons. The summed E-state index contributed by atoms with van der Waals surface area (Å²) in [6.45, 7) is 5.09. The highest BCUT2D eigenvalue weighted by Gasteiger charge is 2.31. The van der Waals surface area contributed by atoms with Crippen LogP contribution >= 0.6 is 0 Å². The highest BCUT2D eigenvalue weighted by molar-refractivity contribution is 7.89. The standard InChI is InChI=1S/C22H29N5O2S/c1-16-3-2-10-27(14-16)30(28,29)15-26-11-6-17(7-12-26)18-4-8-23-20-13-25-22-19(21(18)20)5-9-24-22/h4-5,8-9,13,16-17H,2-3,6-7,10-12,14-15H2,1H3,(H,24,25). The first-order chi connectivity index (χ1) is 14.5. The summed E-state index contributed by atoms with van der Waals surface area (Å²) in [6, 6.07) is 4.19. The van der Waals surface area contributed by atoms with Crippen molar-refractivity contribution in [1.82, 2.24) is 24.2 Å². The average Bonchev–Trinajstić information content (AvgIpc) is 3.23. The second-order valence-electron chi connectivity index (χ2n) is 8.90. The Morgan fingerprint density at radius 3 is 2.77 bits per heavy atom. The molecule has 2 saturated heterocycles. The molecule has 2 aliphatic rings. The highest BCUT2D eigenvalue weighted by Crippen LogP contribution is 2.35. The number of fused-ring (bicyclic) bond motifs is 3. The van der Waals surface area contributed by atoms with Crippen molar-refractivity contribution in [1.29, 1.82) is 0 Å². The average molecular weight is 428 g/mol. The van der Waals surface area contributed by atoms with Crippen molar-refractivity contribution in [2.24, 2.45) is 5.92 Å². The first-order valence-corrected chi connectivity index (χ1v) is 12.5. The van der Waals surface area contributed by atoms with Crippen LogP contribution in [-0.4, -0.2) is 64.6 Å². The molecule has 3 aromatic rings. The summed E-state index contributed by atoms with van der Waals surface area (Å²) in [7, 11) is -3.22. The third kappa shape index (κ3) is 3.72. The predicted octanol–water partition coefficient (Wildman–Crippen LogP) is 3.31. The van der Waals surface area contributed by atoms with E-state index in [1.54, 1.807) is 4.31 Å². The summed E-state index contributed by atoms with van der Waals surface area (Å²) in [5, 5.41) is 2.29. The minimum Gasteiger partial charge on any atom is -0.346 e. The number of hydrogen-bond acceptors (Lipinski definition) is 5. The number of pyridine rings is 2. The fraction of sp³-hybridized carbons (Fsp3) is 0.545. The molecule has 1 atom stereocenters. The maximum Gasteiger partial charge on any atom is 0.227 e. The van der Waals surface area contributed by atoms with Crippen molar-refractivity contribution >= 4 is 32.0 Å². The van der Waals surface area contributed by atoms with Gasteiger partial charge < -0.3 is 4.98 Å². The fourth-order valence-corrected chi connectivity index (χ4v) is 6.88. The van der Waals surface area contributed by atoms with Crippen LogP contribution in [0.2, 0.25) is 0 Å². The number of likely N-dealkylation sites (tertiary alicyclic amines) is 1. The van der Waals surface area contributed by atoms with Gasteiger partial charge in [-0.1, -0.05) is 6.92 Å². The van der Waals surface area contributed by atoms with Crippen LogP contribution < -0.4 is 0 Å². The minimum atomic E-state index is -3.22. The molecule has 0 aliphatic carbocycles. The van der Waals surface area contributed by atoms with Crippen molar-refractivity contribution in [2.45, 2.75) is 38.5 Å². The van der Waals surface area contributed by atoms with Crippen molar-refractivity contribution < 1.29 is 8.42 Å². The summed E-state index contributed by atoms with van der Waals surface area (Å²) in [5.74, 6) is 1.01. The molecule has 30 heavy (non-hydrogen) atoms. The van der Waals surface area contributed by atoms with Crippen molar-refractivity contribution in [2.75, 3.05) is 32.1 Å². The lowest BCUT2D eigenvalue weighted by Crippen LogP contribution is -2.46. The number of nitrogens with zero attached hydrogens (tertiary/aromatic N) is 4. The number of H-pyrrole nitrogens is 1. The van der Waals surface area contributed by atoms with E-state index in [2.05, 4.69) is 38.9 Å². The molecule has 0 aromatic carbocycles. The van der Waals surface area contributed by atoms with Crippen LogP contribution in [0.4, 0.5) is 0 Å². The predicted molar refractivity (Wildman–Crippen MR) is 119 cm³/mol. The zero-order valence-electron chi connectivity index (χ0n) is 17.4. The van der Waals surface area contributed by atoms with Crippen LogP contribution in [0, 0.1) is 5.92 Å². The van der Waals surface area contributed by atoms with E-state index in [0.717, 1.165) is 55.3 Å². The third-order valence-electron chi connectivity index (χ3n) is 6.71. The van der Waals surface area contributed by atoms with Gasteiger partial charge in [-0.05, 0) is 68.3 Å². The molecule has 3 aromatic heterocycles. The number of hydrogen-bond donors (Lipinski definition) is 1. The number of piperidine rings is 2. The maximum atomic E-state index is 12.9. The quantitative estimate of drug-likeness (QED) is 0.691. The Morgan fingerprint density at radius 2 is 1.97 bits per heavy atom. The first kappa shape index (κ1) is 19.9. The molecule has 1 unspecified atom stereocenters. The van der Waals surface area contributed by atoms with E-state index >= 15 is 0 Å². The third-order valence-corrected chi connectivity index (χ3v) is 8.52. The zero-order valence-corrected chi connectivity index (χ0v) is 18.2. The van der Waals surface area contributed by atoms with E-state index in [0.29, 0.717) is 24.9 Å². The summed E-state index contributed by atoms with van der Waals surface area (Å²) in [6.07, 6.45) is 9.63. The normalized spacial score (nSPS) is 22.8. The number of rotatable bonds is 4. The Labute approximate surface area is 177 Å². The Kier molecular flexibility index (Phi) is 5.24. The summed E-state index contributed by atoms with van der Waals surface area (Å²) in [5.41, 5.74) is 3.11. The van der Waals surface area contributed by atoms with E-state index in [-0.39, 0.29) is 5.88 Å². The van der Waals surface area contributed by atoms with E-state index in [1.165, 1.54) is 10.9 Å². The molecule has 2 fully saturated rings. The molecule has 0 spiro atoms. The van der Waals surface area contributed by atoms with E-state index in [4.69, 9.17) is 0 Å². The van der Waals surface area contributed by atoms with Crippen LogP contribution in [-0.2, 0) is 10.0 Å². The zero-order chi connectivity index (χ0) is 20.7. The van der Waals surface area contributed by atoms with Gasteiger partial charge in [-0.15, -0.1) is 0 Å². The summed E-state index contributed by atoms with van der Waals surface area (Å²) in [4.78, 5) is 14.3. The minimum absolute atomic E-state index is 0.148. The van der Waals surface area contributed by atoms with Gasteiger partial charge in [-0.25, -0.2) is 17.7 Å². The molecule has 0 bridgehead atoms. The molecule has 2 aliphatic heterocycles. The van der Waals surface area contributed by atoms with Crippen LogP contribution in [0.3, 0.4) is 0 Å². The largest absolute Gasteiger partial charge is 0.346 e. The maximum absolute atomic E-state index is 12.9. The molecule has 5 rings (SSSR count). The van der Waals surface area contributed by atoms with Gasteiger partial charge in [0.05, 0.1) is 11.7 Å². The SMILES string of the molecule is CC1CCCN(S(=O)(=O)CN2CCC(c3ccnc4cnc5[nH]ccc5c34)CC2)C1. The Balaban J connectivity index is 1.31. The topological polar surface area (TPSA) is 82.2 Å². The number of aromatic nitrogens is 3. The lowest BCUT2D eigenvalue weighted by molar-refractivity contribution is 0.228. The van der Waals surface area contributed by atoms with Gasteiger partial charge in [-0.3, -0.25) is 9.88 Å². The van der Waals surface area contributed by atoms with Gasteiger partial charge in [0.15, 0.2) is 0 Å². The second kappa shape index (κ2) is 7.90. The Hall–Kier alpha value is -2.03. The van der Waals surface area contributed by atoms with Gasteiger partial charge in [0.1, 0.15) is 11.5 Å². The van der Waals surface area contributed by atoms with Crippen LogP contribution in [0.25, 0.3) is 21.9 Å². The Bertz CT molecular complexity index is 1150. The number of aromatic amines is 1. The van der Waals surface area contributed by atoms with Gasteiger partial charge in [0.25, 0.3) is 0 Å². The Morgan fingerprint density at radius 1 is 1.13 bits per heavy atom. The molecule has 5 heterocycles. The monoisotopic (exact) mass is 427 g/mol. The van der Waals surface area contributed by atoms with E-state index in [9.17, 15) is 8.42 Å². The van der Waals surface area contributed by atoms with Crippen molar-refractivity contribution in [3.8, 4) is 0 Å². The number of sulfonamides is 1. The van der Waals surface area contributed by atoms with Gasteiger partial charge >= 0.3 is 0 Å². The van der Waals surface area contributed by atoms with Gasteiger partial charge in [-0.2, -0.15) is 0 Å². The molecule has 0 saturated carbocycles. The van der Waals surface area contributed by atoms with Crippen molar-refractivity contribution in [3.05, 3.63) is 36.3 Å². The van der Waals surface area contributed by atoms with Crippen LogP contribution in [0.5, 0.6) is 0 Å². The molecule has 1 N–H and O–H groups in total. The number of nitrogens with one attached hydrogen (secondary N) is 1. The van der Waals surface area contributed by atoms with Gasteiger partial charge in [0, 0.05) is 36.3 Å². The molecular weight excluding hydrogens is 398 g/mol. The van der Waals surface area contributed by atoms with Crippen molar-refractivity contribution in [3.63, 3.8) is 0 Å². The van der Waals surface area contributed by atoms with Gasteiger partial charge in [0.2, 0.25) is 10.0 Å². The second-order valence-corrected chi connectivity index (χ2v) is 10.8. The fourth-order valence-electron chi connectivity index (χ4n) is 5.10. The smallest absolute Gasteiger partial charge is 0.227 e. The summed E-state index contributed by atoms with van der Waals surface area (Å²) < 4.78 is 27.5. The molecule has 0 radical (unpaired) electrons. The van der Waals surface area contributed by atoms with Crippen LogP contribution in [0.15, 0.2) is 30.7 Å². The lowest BCUT2D eigenvalue weighted by Gasteiger charge is -2.35. The van der Waals surface area contributed by atoms with E-state index < -0.39 is 10.0 Å².